The Bertz CT molecular complexity index is 336. The van der Waals surface area contributed by atoms with Crippen LogP contribution in [0, 0.1) is 0 Å². The molecule has 0 saturated carbocycles. The van der Waals surface area contributed by atoms with Gasteiger partial charge in [-0.2, -0.15) is 4.98 Å². The predicted molar refractivity (Wildman–Crippen MR) is 61.1 cm³/mol. The zero-order chi connectivity index (χ0) is 11.6. The van der Waals surface area contributed by atoms with Gasteiger partial charge in [0.15, 0.2) is 5.82 Å². The van der Waals surface area contributed by atoms with Crippen LogP contribution in [0.3, 0.4) is 0 Å². The SMILES string of the molecule is CC(C)(C)c1nc(CN2CCNCC2)no1. The summed E-state index contributed by atoms with van der Waals surface area (Å²) >= 11 is 0. The Hall–Kier alpha value is -0.940. The second-order valence-electron chi connectivity index (χ2n) is 5.29. The van der Waals surface area contributed by atoms with Crippen molar-refractivity contribution in [2.75, 3.05) is 26.2 Å². The zero-order valence-corrected chi connectivity index (χ0v) is 10.3. The minimum Gasteiger partial charge on any atom is -0.339 e. The van der Waals surface area contributed by atoms with Crippen LogP contribution in [0.5, 0.6) is 0 Å². The van der Waals surface area contributed by atoms with Gasteiger partial charge < -0.3 is 9.84 Å². The van der Waals surface area contributed by atoms with Crippen molar-refractivity contribution in [1.82, 2.24) is 20.4 Å². The highest BCUT2D eigenvalue weighted by Gasteiger charge is 2.22. The first-order valence-corrected chi connectivity index (χ1v) is 5.82. The number of piperazine rings is 1. The van der Waals surface area contributed by atoms with Crippen LogP contribution in [-0.2, 0) is 12.0 Å². The lowest BCUT2D eigenvalue weighted by Gasteiger charge is -2.25. The zero-order valence-electron chi connectivity index (χ0n) is 10.3. The second kappa shape index (κ2) is 4.51. The highest BCUT2D eigenvalue weighted by Crippen LogP contribution is 2.19. The lowest BCUT2D eigenvalue weighted by Crippen LogP contribution is -2.43. The smallest absolute Gasteiger partial charge is 0.232 e. The molecule has 1 N–H and O–H groups in total. The molecular weight excluding hydrogens is 204 g/mol. The molecule has 2 heterocycles. The van der Waals surface area contributed by atoms with Gasteiger partial charge in [-0.15, -0.1) is 0 Å². The average molecular weight is 224 g/mol. The summed E-state index contributed by atoms with van der Waals surface area (Å²) in [7, 11) is 0. The van der Waals surface area contributed by atoms with E-state index in [1.165, 1.54) is 0 Å². The van der Waals surface area contributed by atoms with E-state index < -0.39 is 0 Å². The van der Waals surface area contributed by atoms with Crippen molar-refractivity contribution in [2.24, 2.45) is 0 Å². The largest absolute Gasteiger partial charge is 0.339 e. The quantitative estimate of drug-likeness (QED) is 0.804. The first-order chi connectivity index (χ1) is 7.55. The van der Waals surface area contributed by atoms with Gasteiger partial charge in [0.2, 0.25) is 5.89 Å². The van der Waals surface area contributed by atoms with E-state index in [9.17, 15) is 0 Å². The van der Waals surface area contributed by atoms with Gasteiger partial charge in [-0.3, -0.25) is 4.90 Å². The summed E-state index contributed by atoms with van der Waals surface area (Å²) in [4.78, 5) is 6.78. The molecular formula is C11H20N4O. The average Bonchev–Trinajstić information content (AvgIpc) is 2.67. The number of hydrogen-bond acceptors (Lipinski definition) is 5. The summed E-state index contributed by atoms with van der Waals surface area (Å²) in [5.74, 6) is 1.52. The van der Waals surface area contributed by atoms with E-state index in [4.69, 9.17) is 4.52 Å². The Morgan fingerprint density at radius 3 is 2.56 bits per heavy atom. The van der Waals surface area contributed by atoms with Crippen LogP contribution in [0.4, 0.5) is 0 Å². The van der Waals surface area contributed by atoms with Crippen LogP contribution in [-0.4, -0.2) is 41.2 Å². The van der Waals surface area contributed by atoms with Crippen LogP contribution >= 0.6 is 0 Å². The third kappa shape index (κ3) is 2.80. The van der Waals surface area contributed by atoms with E-state index in [2.05, 4.69) is 41.1 Å². The van der Waals surface area contributed by atoms with Crippen molar-refractivity contribution < 1.29 is 4.52 Å². The van der Waals surface area contributed by atoms with E-state index >= 15 is 0 Å². The fourth-order valence-corrected chi connectivity index (χ4v) is 1.69. The summed E-state index contributed by atoms with van der Waals surface area (Å²) in [5.41, 5.74) is -0.0608. The van der Waals surface area contributed by atoms with Gasteiger partial charge in [0.1, 0.15) is 0 Å². The number of nitrogens with zero attached hydrogens (tertiary/aromatic N) is 3. The van der Waals surface area contributed by atoms with Crippen molar-refractivity contribution in [3.63, 3.8) is 0 Å². The molecule has 2 rings (SSSR count). The topological polar surface area (TPSA) is 54.2 Å². The molecule has 90 valence electrons. The molecule has 1 fully saturated rings. The van der Waals surface area contributed by atoms with Gasteiger partial charge in [-0.25, -0.2) is 0 Å². The van der Waals surface area contributed by atoms with E-state index in [1.807, 2.05) is 0 Å². The third-order valence-electron chi connectivity index (χ3n) is 2.68. The molecule has 0 amide bonds. The van der Waals surface area contributed by atoms with Crippen LogP contribution in [0.15, 0.2) is 4.52 Å². The Labute approximate surface area is 96.2 Å². The lowest BCUT2D eigenvalue weighted by molar-refractivity contribution is 0.224. The van der Waals surface area contributed by atoms with Crippen LogP contribution in [0.1, 0.15) is 32.5 Å². The summed E-state index contributed by atoms with van der Waals surface area (Å²) in [6, 6.07) is 0. The van der Waals surface area contributed by atoms with Gasteiger partial charge in [0.25, 0.3) is 0 Å². The van der Waals surface area contributed by atoms with Crippen LogP contribution < -0.4 is 5.32 Å². The van der Waals surface area contributed by atoms with Crippen molar-refractivity contribution >= 4 is 0 Å². The minimum absolute atomic E-state index is 0.0608. The highest BCUT2D eigenvalue weighted by atomic mass is 16.5. The summed E-state index contributed by atoms with van der Waals surface area (Å²) in [5, 5.41) is 7.35. The molecule has 0 spiro atoms. The molecule has 5 nitrogen and oxygen atoms in total. The maximum Gasteiger partial charge on any atom is 0.232 e. The molecule has 1 aromatic heterocycles. The third-order valence-corrected chi connectivity index (χ3v) is 2.68. The standard InChI is InChI=1S/C11H20N4O/c1-11(2,3)10-13-9(14-16-10)8-15-6-4-12-5-7-15/h12H,4-8H2,1-3H3. The fourth-order valence-electron chi connectivity index (χ4n) is 1.69. The molecule has 16 heavy (non-hydrogen) atoms. The predicted octanol–water partition coefficient (Wildman–Crippen LogP) is 0.772. The molecule has 0 radical (unpaired) electrons. The summed E-state index contributed by atoms with van der Waals surface area (Å²) in [6.45, 7) is 11.2. The first kappa shape index (κ1) is 11.5. The van der Waals surface area contributed by atoms with Gasteiger partial charge in [-0.05, 0) is 0 Å². The summed E-state index contributed by atoms with van der Waals surface area (Å²) in [6.07, 6.45) is 0. The Morgan fingerprint density at radius 2 is 2.00 bits per heavy atom. The van der Waals surface area contributed by atoms with Crippen molar-refractivity contribution in [3.05, 3.63) is 11.7 Å². The molecule has 0 unspecified atom stereocenters. The summed E-state index contributed by atoms with van der Waals surface area (Å²) < 4.78 is 5.27. The molecule has 1 aliphatic rings. The van der Waals surface area contributed by atoms with Crippen molar-refractivity contribution in [1.29, 1.82) is 0 Å². The van der Waals surface area contributed by atoms with E-state index in [1.54, 1.807) is 0 Å². The maximum absolute atomic E-state index is 5.27. The highest BCUT2D eigenvalue weighted by molar-refractivity contribution is 4.98. The van der Waals surface area contributed by atoms with Crippen LogP contribution in [0.25, 0.3) is 0 Å². The van der Waals surface area contributed by atoms with E-state index in [0.717, 1.165) is 44.4 Å². The number of aromatic nitrogens is 2. The Kier molecular flexibility index (Phi) is 3.25. The molecule has 1 saturated heterocycles. The molecule has 1 aromatic rings. The fraction of sp³-hybridized carbons (Fsp3) is 0.818. The van der Waals surface area contributed by atoms with Gasteiger partial charge in [0, 0.05) is 31.6 Å². The molecule has 0 aliphatic carbocycles. The number of rotatable bonds is 2. The second-order valence-corrected chi connectivity index (χ2v) is 5.29. The molecule has 0 bridgehead atoms. The lowest BCUT2D eigenvalue weighted by atomic mass is 9.97. The molecule has 5 heteroatoms. The minimum atomic E-state index is -0.0608. The number of nitrogens with one attached hydrogen (secondary N) is 1. The molecule has 1 aliphatic heterocycles. The normalized spacial score (nSPS) is 18.9. The molecule has 0 atom stereocenters. The van der Waals surface area contributed by atoms with Gasteiger partial charge in [0.05, 0.1) is 6.54 Å². The van der Waals surface area contributed by atoms with Crippen molar-refractivity contribution in [2.45, 2.75) is 32.7 Å². The van der Waals surface area contributed by atoms with Gasteiger partial charge in [-0.1, -0.05) is 25.9 Å². The first-order valence-electron chi connectivity index (χ1n) is 5.82. The number of hydrogen-bond donors (Lipinski definition) is 1. The van der Waals surface area contributed by atoms with Crippen molar-refractivity contribution in [3.8, 4) is 0 Å². The Morgan fingerprint density at radius 1 is 1.31 bits per heavy atom. The van der Waals surface area contributed by atoms with E-state index in [-0.39, 0.29) is 5.41 Å². The monoisotopic (exact) mass is 224 g/mol. The van der Waals surface area contributed by atoms with Crippen LogP contribution in [0.2, 0.25) is 0 Å². The van der Waals surface area contributed by atoms with E-state index in [0.29, 0.717) is 0 Å². The maximum atomic E-state index is 5.27. The molecule has 0 aromatic carbocycles. The van der Waals surface area contributed by atoms with Gasteiger partial charge >= 0.3 is 0 Å². The Balaban J connectivity index is 1.97.